The van der Waals surface area contributed by atoms with E-state index in [0.717, 1.165) is 22.5 Å². The lowest BCUT2D eigenvalue weighted by molar-refractivity contribution is 0.0938. The number of ketones is 1. The van der Waals surface area contributed by atoms with E-state index in [4.69, 9.17) is 4.42 Å². The molecule has 0 unspecified atom stereocenters. The van der Waals surface area contributed by atoms with Gasteiger partial charge in [-0.1, -0.05) is 42.5 Å². The third-order valence-corrected chi connectivity index (χ3v) is 5.41. The number of nitrogens with zero attached hydrogens (tertiary/aromatic N) is 4. The van der Waals surface area contributed by atoms with Crippen LogP contribution in [0.1, 0.15) is 21.8 Å². The second-order valence-electron chi connectivity index (χ2n) is 7.57. The van der Waals surface area contributed by atoms with Crippen LogP contribution in [0.4, 0.5) is 0 Å². The highest BCUT2D eigenvalue weighted by Gasteiger charge is 2.15. The number of hydrogen-bond acceptors (Lipinski definition) is 5. The largest absolute Gasteiger partial charge is 0.442 e. The molecule has 1 aromatic heterocycles. The molecule has 2 aromatic carbocycles. The van der Waals surface area contributed by atoms with Crippen molar-refractivity contribution in [3.05, 3.63) is 90.4 Å². The Morgan fingerprint density at radius 3 is 2.39 bits per heavy atom. The summed E-state index contributed by atoms with van der Waals surface area (Å²) in [6.45, 7) is 4.37. The molecule has 0 N–H and O–H groups in total. The molecule has 5 rings (SSSR count). The predicted molar refractivity (Wildman–Crippen MR) is 118 cm³/mol. The van der Waals surface area contributed by atoms with Gasteiger partial charge in [-0.3, -0.25) is 4.79 Å². The van der Waals surface area contributed by atoms with Crippen LogP contribution in [0.5, 0.6) is 0 Å². The zero-order chi connectivity index (χ0) is 21.4. The fraction of sp³-hybridized carbons (Fsp3) is 0.120. The zero-order valence-electron chi connectivity index (χ0n) is 17.2. The molecule has 0 saturated heterocycles. The number of rotatable bonds is 5. The zero-order valence-corrected chi connectivity index (χ0v) is 17.2. The first-order valence-electron chi connectivity index (χ1n) is 10.0. The topological polar surface area (TPSA) is 73.8 Å². The Kier molecular flexibility index (Phi) is 4.67. The summed E-state index contributed by atoms with van der Waals surface area (Å²) >= 11 is 0. The van der Waals surface area contributed by atoms with Crippen molar-refractivity contribution < 1.29 is 9.21 Å². The van der Waals surface area contributed by atoms with Gasteiger partial charge in [0.2, 0.25) is 5.78 Å². The Labute approximate surface area is 179 Å². The standard InChI is InChI=1S/C25H20N4O2/c1-16-3-4-20(13-17(16)2)18-5-7-19(8-6-18)24-27-21-9-11-29(14-22(21)28-24)15-23(30)25-26-10-12-31-25/h3-14H,15H2,1-2H3. The molecule has 0 amide bonds. The molecule has 0 radical (unpaired) electrons. The highest BCUT2D eigenvalue weighted by molar-refractivity contribution is 5.91. The third-order valence-electron chi connectivity index (χ3n) is 5.41. The van der Waals surface area contributed by atoms with Crippen LogP contribution < -0.4 is 0 Å². The van der Waals surface area contributed by atoms with Gasteiger partial charge in [0, 0.05) is 18.0 Å². The molecule has 3 heterocycles. The summed E-state index contributed by atoms with van der Waals surface area (Å²) in [4.78, 5) is 25.4. The van der Waals surface area contributed by atoms with Crippen LogP contribution in [0.25, 0.3) is 33.9 Å². The SMILES string of the molecule is Cc1ccc(-c2ccc(-c3nc4ccn(CC(=O)c5ncco5)cc-4n3)cc2)cc1C. The van der Waals surface area contributed by atoms with Crippen molar-refractivity contribution in [2.75, 3.05) is 0 Å². The van der Waals surface area contributed by atoms with Gasteiger partial charge >= 0.3 is 0 Å². The maximum Gasteiger partial charge on any atom is 0.264 e. The molecule has 2 aliphatic rings. The summed E-state index contributed by atoms with van der Waals surface area (Å²) in [5, 5.41) is 0. The molecule has 0 saturated carbocycles. The Morgan fingerprint density at radius 2 is 1.65 bits per heavy atom. The van der Waals surface area contributed by atoms with Gasteiger partial charge in [0.15, 0.2) is 5.82 Å². The third kappa shape index (κ3) is 3.75. The lowest BCUT2D eigenvalue weighted by Gasteiger charge is -2.06. The van der Waals surface area contributed by atoms with E-state index >= 15 is 0 Å². The average Bonchev–Trinajstić information content (AvgIpc) is 3.46. The van der Waals surface area contributed by atoms with E-state index in [2.05, 4.69) is 59.1 Å². The summed E-state index contributed by atoms with van der Waals surface area (Å²) in [7, 11) is 0. The van der Waals surface area contributed by atoms with Crippen LogP contribution in [-0.2, 0) is 6.54 Å². The number of Topliss-reactive ketones (excluding diaryl/α,β-unsaturated/α-hetero) is 1. The van der Waals surface area contributed by atoms with Gasteiger partial charge in [0.1, 0.15) is 12.0 Å². The molecule has 31 heavy (non-hydrogen) atoms. The van der Waals surface area contributed by atoms with Crippen molar-refractivity contribution in [1.29, 1.82) is 0 Å². The first-order chi connectivity index (χ1) is 15.1. The molecule has 3 aromatic rings. The summed E-state index contributed by atoms with van der Waals surface area (Å²) in [5.41, 5.74) is 7.39. The molecule has 2 aliphatic heterocycles. The molecule has 152 valence electrons. The molecule has 0 spiro atoms. The van der Waals surface area contributed by atoms with Crippen molar-refractivity contribution >= 4 is 5.78 Å². The number of benzene rings is 2. The number of fused-ring (bicyclic) bond motifs is 1. The quantitative estimate of drug-likeness (QED) is 0.374. The average molecular weight is 408 g/mol. The fourth-order valence-corrected chi connectivity index (χ4v) is 3.51. The number of aryl methyl sites for hydroxylation is 2. The summed E-state index contributed by atoms with van der Waals surface area (Å²) < 4.78 is 6.83. The number of hydrogen-bond donors (Lipinski definition) is 0. The Hall–Kier alpha value is -4.06. The number of carbonyl (C=O) groups excluding carboxylic acids is 1. The lowest BCUT2D eigenvalue weighted by Crippen LogP contribution is -2.11. The van der Waals surface area contributed by atoms with E-state index in [1.165, 1.54) is 29.2 Å². The number of oxazole rings is 1. The molecule has 0 bridgehead atoms. The van der Waals surface area contributed by atoms with Crippen LogP contribution in [0.3, 0.4) is 0 Å². The van der Waals surface area contributed by atoms with Crippen molar-refractivity contribution in [2.24, 2.45) is 0 Å². The smallest absolute Gasteiger partial charge is 0.264 e. The molecule has 0 fully saturated rings. The van der Waals surface area contributed by atoms with Crippen LogP contribution in [0, 0.1) is 13.8 Å². The van der Waals surface area contributed by atoms with Gasteiger partial charge in [0.05, 0.1) is 18.4 Å². The minimum absolute atomic E-state index is 0.103. The first-order valence-corrected chi connectivity index (χ1v) is 10.0. The van der Waals surface area contributed by atoms with E-state index in [-0.39, 0.29) is 18.2 Å². The van der Waals surface area contributed by atoms with Crippen LogP contribution in [-0.4, -0.2) is 25.3 Å². The van der Waals surface area contributed by atoms with Gasteiger partial charge < -0.3 is 8.98 Å². The normalized spacial score (nSPS) is 11.2. The van der Waals surface area contributed by atoms with Gasteiger partial charge in [-0.2, -0.15) is 0 Å². The number of pyridine rings is 1. The van der Waals surface area contributed by atoms with Crippen molar-refractivity contribution in [1.82, 2.24) is 19.5 Å². The van der Waals surface area contributed by atoms with Crippen molar-refractivity contribution in [3.63, 3.8) is 0 Å². The fourth-order valence-electron chi connectivity index (χ4n) is 3.51. The second kappa shape index (κ2) is 7.65. The molecular formula is C25H20N4O2. The number of imidazole rings is 1. The van der Waals surface area contributed by atoms with Gasteiger partial charge in [-0.05, 0) is 42.2 Å². The monoisotopic (exact) mass is 408 g/mol. The molecule has 0 atom stereocenters. The molecule has 6 nitrogen and oxygen atoms in total. The van der Waals surface area contributed by atoms with E-state index in [1.807, 2.05) is 30.6 Å². The highest BCUT2D eigenvalue weighted by Crippen LogP contribution is 2.28. The van der Waals surface area contributed by atoms with Crippen molar-refractivity contribution in [3.8, 4) is 33.9 Å². The van der Waals surface area contributed by atoms with Crippen LogP contribution in [0.15, 0.2) is 77.8 Å². The summed E-state index contributed by atoms with van der Waals surface area (Å²) in [6.07, 6.45) is 6.48. The lowest BCUT2D eigenvalue weighted by atomic mass is 9.99. The maximum absolute atomic E-state index is 12.2. The van der Waals surface area contributed by atoms with Crippen LogP contribution in [0.2, 0.25) is 0 Å². The summed E-state index contributed by atoms with van der Waals surface area (Å²) in [6, 6.07) is 16.6. The second-order valence-corrected chi connectivity index (χ2v) is 7.57. The number of aromatic nitrogens is 4. The molecular weight excluding hydrogens is 388 g/mol. The van der Waals surface area contributed by atoms with E-state index in [9.17, 15) is 4.79 Å². The minimum atomic E-state index is -0.198. The Bertz CT molecular complexity index is 1330. The van der Waals surface area contributed by atoms with Crippen molar-refractivity contribution in [2.45, 2.75) is 20.4 Å². The predicted octanol–water partition coefficient (Wildman–Crippen LogP) is 5.20. The van der Waals surface area contributed by atoms with E-state index < -0.39 is 0 Å². The first kappa shape index (κ1) is 18.9. The highest BCUT2D eigenvalue weighted by atomic mass is 16.3. The minimum Gasteiger partial charge on any atom is -0.442 e. The Morgan fingerprint density at radius 1 is 0.903 bits per heavy atom. The number of carbonyl (C=O) groups is 1. The van der Waals surface area contributed by atoms with Gasteiger partial charge in [-0.15, -0.1) is 0 Å². The van der Waals surface area contributed by atoms with Gasteiger partial charge in [0.25, 0.3) is 5.89 Å². The van der Waals surface area contributed by atoms with Crippen LogP contribution >= 0.6 is 0 Å². The summed E-state index contributed by atoms with van der Waals surface area (Å²) in [5.74, 6) is 0.570. The van der Waals surface area contributed by atoms with E-state index in [1.54, 1.807) is 4.57 Å². The van der Waals surface area contributed by atoms with Gasteiger partial charge in [-0.25, -0.2) is 15.0 Å². The maximum atomic E-state index is 12.2. The van der Waals surface area contributed by atoms with E-state index in [0.29, 0.717) is 5.82 Å². The molecule has 6 heteroatoms. The molecule has 0 aliphatic carbocycles. The Balaban J connectivity index is 1.39.